The van der Waals surface area contributed by atoms with Crippen LogP contribution in [0.4, 0.5) is 0 Å². The second-order valence-electron chi connectivity index (χ2n) is 3.23. The second-order valence-corrected chi connectivity index (χ2v) is 3.23. The summed E-state index contributed by atoms with van der Waals surface area (Å²) in [5.41, 5.74) is 6.77. The molecule has 0 aliphatic carbocycles. The van der Waals surface area contributed by atoms with Gasteiger partial charge in [-0.15, -0.1) is 12.4 Å². The highest BCUT2D eigenvalue weighted by Gasteiger charge is 2.16. The van der Waals surface area contributed by atoms with E-state index in [1.165, 1.54) is 0 Å². The predicted molar refractivity (Wildman–Crippen MR) is 59.6 cm³/mol. The van der Waals surface area contributed by atoms with Crippen LogP contribution in [0.15, 0.2) is 24.4 Å². The van der Waals surface area contributed by atoms with Crippen LogP contribution in [0.3, 0.4) is 0 Å². The van der Waals surface area contributed by atoms with Crippen LogP contribution >= 0.6 is 12.4 Å². The summed E-state index contributed by atoms with van der Waals surface area (Å²) in [5, 5.41) is 8.86. The van der Waals surface area contributed by atoms with E-state index in [1.807, 2.05) is 25.1 Å². The maximum Gasteiger partial charge on any atom is 0.0450 e. The lowest BCUT2D eigenvalue weighted by Crippen LogP contribution is -2.26. The van der Waals surface area contributed by atoms with Crippen LogP contribution in [0.25, 0.3) is 0 Å². The van der Waals surface area contributed by atoms with Crippen molar-refractivity contribution in [1.29, 1.82) is 0 Å². The zero-order chi connectivity index (χ0) is 9.68. The summed E-state index contributed by atoms with van der Waals surface area (Å²) in [7, 11) is 0. The van der Waals surface area contributed by atoms with E-state index in [0.29, 0.717) is 6.42 Å². The third-order valence-corrected chi connectivity index (χ3v) is 2.14. The molecule has 4 heteroatoms. The van der Waals surface area contributed by atoms with Gasteiger partial charge >= 0.3 is 0 Å². The molecule has 0 saturated heterocycles. The van der Waals surface area contributed by atoms with Crippen LogP contribution in [0.1, 0.15) is 25.0 Å². The highest BCUT2D eigenvalue weighted by atomic mass is 35.5. The van der Waals surface area contributed by atoms with E-state index in [9.17, 15) is 0 Å². The van der Waals surface area contributed by atoms with E-state index < -0.39 is 0 Å². The summed E-state index contributed by atoms with van der Waals surface area (Å²) in [6.07, 6.45) is 2.43. The van der Waals surface area contributed by atoms with Crippen molar-refractivity contribution in [3.63, 3.8) is 0 Å². The fourth-order valence-electron chi connectivity index (χ4n) is 1.41. The van der Waals surface area contributed by atoms with Gasteiger partial charge < -0.3 is 10.8 Å². The Kier molecular flexibility index (Phi) is 6.45. The predicted octanol–water partition coefficient (Wildman–Crippen LogP) is 1.32. The van der Waals surface area contributed by atoms with Crippen molar-refractivity contribution in [3.8, 4) is 0 Å². The maximum absolute atomic E-state index is 8.86. The number of nitrogens with two attached hydrogens (primary N) is 1. The maximum atomic E-state index is 8.86. The molecule has 0 spiro atoms. The van der Waals surface area contributed by atoms with Crippen LogP contribution in [-0.4, -0.2) is 22.7 Å². The number of hydrogen-bond donors (Lipinski definition) is 2. The molecular weight excluding hydrogens is 200 g/mol. The Morgan fingerprint density at radius 1 is 1.50 bits per heavy atom. The molecule has 80 valence electrons. The number of pyridine rings is 1. The van der Waals surface area contributed by atoms with Crippen LogP contribution in [0, 0.1) is 0 Å². The zero-order valence-electron chi connectivity index (χ0n) is 8.26. The van der Waals surface area contributed by atoms with E-state index in [2.05, 4.69) is 4.98 Å². The summed E-state index contributed by atoms with van der Waals surface area (Å²) in [6.45, 7) is 2.10. The van der Waals surface area contributed by atoms with E-state index in [1.54, 1.807) is 6.20 Å². The molecule has 3 N–H and O–H groups in total. The van der Waals surface area contributed by atoms with Crippen molar-refractivity contribution in [2.45, 2.75) is 25.3 Å². The molecule has 3 nitrogen and oxygen atoms in total. The second kappa shape index (κ2) is 6.76. The van der Waals surface area contributed by atoms with Gasteiger partial charge in [-0.25, -0.2) is 0 Å². The number of nitrogens with zero attached hydrogens (tertiary/aromatic N) is 1. The van der Waals surface area contributed by atoms with Gasteiger partial charge in [-0.05, 0) is 25.5 Å². The minimum absolute atomic E-state index is 0. The molecular formula is C10H17ClN2O. The van der Waals surface area contributed by atoms with Crippen LogP contribution in [0.2, 0.25) is 0 Å². The molecule has 1 rings (SSSR count). The first-order chi connectivity index (χ1) is 6.25. The minimum atomic E-state index is 0. The van der Waals surface area contributed by atoms with Crippen molar-refractivity contribution < 1.29 is 5.11 Å². The van der Waals surface area contributed by atoms with Crippen molar-refractivity contribution in [3.05, 3.63) is 30.1 Å². The van der Waals surface area contributed by atoms with Gasteiger partial charge in [0, 0.05) is 30.5 Å². The minimum Gasteiger partial charge on any atom is -0.396 e. The topological polar surface area (TPSA) is 59.1 Å². The third kappa shape index (κ3) is 3.62. The summed E-state index contributed by atoms with van der Waals surface area (Å²) >= 11 is 0. The fourth-order valence-corrected chi connectivity index (χ4v) is 1.41. The average molecular weight is 217 g/mol. The van der Waals surface area contributed by atoms with Gasteiger partial charge in [0.15, 0.2) is 0 Å². The van der Waals surface area contributed by atoms with E-state index in [4.69, 9.17) is 10.8 Å². The molecule has 2 atom stereocenters. The average Bonchev–Trinajstić information content (AvgIpc) is 2.15. The van der Waals surface area contributed by atoms with Crippen molar-refractivity contribution in [2.75, 3.05) is 6.61 Å². The van der Waals surface area contributed by atoms with Crippen molar-refractivity contribution >= 4 is 12.4 Å². The Hall–Kier alpha value is -0.640. The highest BCUT2D eigenvalue weighted by molar-refractivity contribution is 5.85. The number of halogens is 1. The standard InChI is InChI=1S/C10H16N2O.ClH/c1-8(11)9(5-7-13)10-4-2-3-6-12-10;/h2-4,6,8-9,13H,5,7,11H2,1H3;1H. The lowest BCUT2D eigenvalue weighted by Gasteiger charge is -2.18. The van der Waals surface area contributed by atoms with E-state index >= 15 is 0 Å². The fraction of sp³-hybridized carbons (Fsp3) is 0.500. The molecule has 0 bridgehead atoms. The molecule has 1 aromatic rings. The highest BCUT2D eigenvalue weighted by Crippen LogP contribution is 2.19. The summed E-state index contributed by atoms with van der Waals surface area (Å²) < 4.78 is 0. The molecule has 0 radical (unpaired) electrons. The smallest absolute Gasteiger partial charge is 0.0450 e. The number of hydrogen-bond acceptors (Lipinski definition) is 3. The van der Waals surface area contributed by atoms with Crippen LogP contribution in [0.5, 0.6) is 0 Å². The van der Waals surface area contributed by atoms with Gasteiger partial charge in [0.05, 0.1) is 0 Å². The Labute approximate surface area is 90.8 Å². The molecule has 0 aliphatic rings. The summed E-state index contributed by atoms with van der Waals surface area (Å²) in [6, 6.07) is 5.79. The quantitative estimate of drug-likeness (QED) is 0.798. The van der Waals surface area contributed by atoms with Gasteiger partial charge in [0.2, 0.25) is 0 Å². The first kappa shape index (κ1) is 13.4. The Balaban J connectivity index is 0.00000169. The van der Waals surface area contributed by atoms with E-state index in [0.717, 1.165) is 5.69 Å². The number of aliphatic hydroxyl groups excluding tert-OH is 1. The lowest BCUT2D eigenvalue weighted by atomic mass is 9.94. The molecule has 1 aromatic heterocycles. The summed E-state index contributed by atoms with van der Waals surface area (Å²) in [5.74, 6) is 0.159. The summed E-state index contributed by atoms with van der Waals surface area (Å²) in [4.78, 5) is 4.23. The molecule has 0 saturated carbocycles. The molecule has 0 amide bonds. The monoisotopic (exact) mass is 216 g/mol. The van der Waals surface area contributed by atoms with Gasteiger partial charge in [-0.3, -0.25) is 4.98 Å². The van der Waals surface area contributed by atoms with Gasteiger partial charge in [-0.1, -0.05) is 6.07 Å². The molecule has 0 aliphatic heterocycles. The number of aliphatic hydroxyl groups is 1. The molecule has 1 heterocycles. The Morgan fingerprint density at radius 3 is 2.64 bits per heavy atom. The number of rotatable bonds is 4. The normalized spacial score (nSPS) is 14.2. The van der Waals surface area contributed by atoms with Crippen LogP contribution in [-0.2, 0) is 0 Å². The Morgan fingerprint density at radius 2 is 2.21 bits per heavy atom. The van der Waals surface area contributed by atoms with E-state index in [-0.39, 0.29) is 31.0 Å². The van der Waals surface area contributed by atoms with Crippen LogP contribution < -0.4 is 5.73 Å². The molecule has 0 fully saturated rings. The van der Waals surface area contributed by atoms with Crippen molar-refractivity contribution in [2.24, 2.45) is 5.73 Å². The zero-order valence-corrected chi connectivity index (χ0v) is 9.07. The van der Waals surface area contributed by atoms with Gasteiger partial charge in [-0.2, -0.15) is 0 Å². The third-order valence-electron chi connectivity index (χ3n) is 2.14. The number of aromatic nitrogens is 1. The lowest BCUT2D eigenvalue weighted by molar-refractivity contribution is 0.268. The van der Waals surface area contributed by atoms with Gasteiger partial charge in [0.25, 0.3) is 0 Å². The first-order valence-electron chi connectivity index (χ1n) is 4.53. The molecule has 2 unspecified atom stereocenters. The first-order valence-corrected chi connectivity index (χ1v) is 4.53. The van der Waals surface area contributed by atoms with Crippen molar-refractivity contribution in [1.82, 2.24) is 4.98 Å². The van der Waals surface area contributed by atoms with Gasteiger partial charge in [0.1, 0.15) is 0 Å². The molecule has 14 heavy (non-hydrogen) atoms. The molecule has 0 aromatic carbocycles. The Bertz CT molecular complexity index is 241. The largest absolute Gasteiger partial charge is 0.396 e. The SMILES string of the molecule is CC(N)C(CCO)c1ccccn1.Cl.